The van der Waals surface area contributed by atoms with Crippen LogP contribution in [0.3, 0.4) is 0 Å². The lowest BCUT2D eigenvalue weighted by molar-refractivity contribution is -0.118. The molecule has 1 aromatic heterocycles. The molecule has 1 amide bonds. The third-order valence-electron chi connectivity index (χ3n) is 1.74. The van der Waals surface area contributed by atoms with Crippen LogP contribution in [0.2, 0.25) is 0 Å². The summed E-state index contributed by atoms with van der Waals surface area (Å²) in [6.07, 6.45) is 1.81. The monoisotopic (exact) mass is 202 g/mol. The Morgan fingerprint density at radius 2 is 2.54 bits per heavy atom. The molecule has 1 unspecified atom stereocenters. The van der Waals surface area contributed by atoms with E-state index >= 15 is 0 Å². The van der Waals surface area contributed by atoms with Crippen LogP contribution in [0.25, 0.3) is 0 Å². The predicted molar refractivity (Wildman–Crippen MR) is 48.1 cm³/mol. The summed E-state index contributed by atoms with van der Waals surface area (Å²) in [7, 11) is 0. The Kier molecular flexibility index (Phi) is 3.25. The normalized spacial score (nSPS) is 12.8. The van der Waals surface area contributed by atoms with Crippen molar-refractivity contribution in [3.05, 3.63) is 12.2 Å². The Hall–Kier alpha value is -1.10. The van der Waals surface area contributed by atoms with Crippen molar-refractivity contribution in [3.8, 4) is 0 Å². The molecule has 2 N–H and O–H groups in total. The van der Waals surface area contributed by atoms with Gasteiger partial charge < -0.3 is 10.3 Å². The zero-order valence-corrected chi connectivity index (χ0v) is 8.03. The van der Waals surface area contributed by atoms with Crippen LogP contribution in [0.1, 0.15) is 25.2 Å². The number of hydrogen-bond acceptors (Lipinski definition) is 3. The van der Waals surface area contributed by atoms with E-state index in [1.807, 2.05) is 6.92 Å². The zero-order valence-electron chi connectivity index (χ0n) is 7.27. The number of nitrogens with two attached hydrogens (primary N) is 1. The molecule has 0 aliphatic carbocycles. The van der Waals surface area contributed by atoms with Crippen LogP contribution in [-0.2, 0) is 10.7 Å². The average Bonchev–Trinajstić information content (AvgIpc) is 2.49. The summed E-state index contributed by atoms with van der Waals surface area (Å²) in [6, 6.07) is -0.0405. The van der Waals surface area contributed by atoms with Gasteiger partial charge in [-0.15, -0.1) is 21.8 Å². The van der Waals surface area contributed by atoms with E-state index < -0.39 is 0 Å². The van der Waals surface area contributed by atoms with E-state index in [2.05, 4.69) is 10.2 Å². The molecule has 72 valence electrons. The molecule has 6 heteroatoms. The van der Waals surface area contributed by atoms with Gasteiger partial charge in [0.1, 0.15) is 12.2 Å². The van der Waals surface area contributed by atoms with Crippen molar-refractivity contribution in [2.45, 2.75) is 25.3 Å². The first-order chi connectivity index (χ1) is 6.15. The Bertz CT molecular complexity index is 298. The minimum absolute atomic E-state index is 0.0405. The zero-order chi connectivity index (χ0) is 9.84. The highest BCUT2D eigenvalue weighted by Crippen LogP contribution is 2.12. The topological polar surface area (TPSA) is 73.8 Å². The quantitative estimate of drug-likeness (QED) is 0.721. The largest absolute Gasteiger partial charge is 0.370 e. The van der Waals surface area contributed by atoms with Crippen molar-refractivity contribution in [2.24, 2.45) is 5.73 Å². The molecule has 1 rings (SSSR count). The van der Waals surface area contributed by atoms with Gasteiger partial charge in [0.25, 0.3) is 0 Å². The minimum Gasteiger partial charge on any atom is -0.370 e. The summed E-state index contributed by atoms with van der Waals surface area (Å²) < 4.78 is 1.75. The molecule has 13 heavy (non-hydrogen) atoms. The highest BCUT2D eigenvalue weighted by molar-refractivity contribution is 6.16. The van der Waals surface area contributed by atoms with Gasteiger partial charge >= 0.3 is 0 Å². The van der Waals surface area contributed by atoms with E-state index in [0.29, 0.717) is 5.82 Å². The van der Waals surface area contributed by atoms with Crippen LogP contribution in [0.4, 0.5) is 0 Å². The van der Waals surface area contributed by atoms with Crippen molar-refractivity contribution >= 4 is 17.5 Å². The first-order valence-electron chi connectivity index (χ1n) is 3.87. The highest BCUT2D eigenvalue weighted by Gasteiger charge is 2.11. The third-order valence-corrected chi connectivity index (χ3v) is 1.98. The number of amides is 1. The van der Waals surface area contributed by atoms with Gasteiger partial charge in [-0.3, -0.25) is 4.79 Å². The lowest BCUT2D eigenvalue weighted by atomic mass is 10.2. The van der Waals surface area contributed by atoms with Crippen molar-refractivity contribution in [2.75, 3.05) is 0 Å². The first kappa shape index (κ1) is 9.98. The molecule has 0 saturated heterocycles. The van der Waals surface area contributed by atoms with E-state index in [9.17, 15) is 4.79 Å². The van der Waals surface area contributed by atoms with Crippen molar-refractivity contribution in [3.63, 3.8) is 0 Å². The Balaban J connectivity index is 2.75. The maximum absolute atomic E-state index is 10.6. The van der Waals surface area contributed by atoms with E-state index in [-0.39, 0.29) is 24.2 Å². The lowest BCUT2D eigenvalue weighted by Gasteiger charge is -2.11. The molecule has 0 saturated carbocycles. The number of carbonyl (C=O) groups excluding carboxylic acids is 1. The summed E-state index contributed by atoms with van der Waals surface area (Å²) in [5.74, 6) is 0.584. The summed E-state index contributed by atoms with van der Waals surface area (Å²) >= 11 is 5.61. The van der Waals surface area contributed by atoms with Crippen LogP contribution in [0.15, 0.2) is 6.33 Å². The maximum atomic E-state index is 10.6. The summed E-state index contributed by atoms with van der Waals surface area (Å²) in [5, 5.41) is 7.49. The summed E-state index contributed by atoms with van der Waals surface area (Å²) in [4.78, 5) is 10.6. The molecule has 0 aliphatic heterocycles. The Morgan fingerprint density at radius 3 is 3.08 bits per heavy atom. The molecule has 5 nitrogen and oxygen atoms in total. The second-order valence-corrected chi connectivity index (χ2v) is 3.07. The van der Waals surface area contributed by atoms with Gasteiger partial charge in [0.15, 0.2) is 0 Å². The predicted octanol–water partition coefficient (Wildman–Crippen LogP) is 0.453. The maximum Gasteiger partial charge on any atom is 0.219 e. The fourth-order valence-corrected chi connectivity index (χ4v) is 1.31. The third kappa shape index (κ3) is 2.42. The molecule has 0 bridgehead atoms. The van der Waals surface area contributed by atoms with E-state index in [0.717, 1.165) is 0 Å². The molecule has 0 radical (unpaired) electrons. The van der Waals surface area contributed by atoms with Gasteiger partial charge in [0.2, 0.25) is 5.91 Å². The number of rotatable bonds is 4. The van der Waals surface area contributed by atoms with Crippen LogP contribution in [0, 0.1) is 0 Å². The van der Waals surface area contributed by atoms with Gasteiger partial charge in [-0.05, 0) is 6.92 Å². The lowest BCUT2D eigenvalue weighted by Crippen LogP contribution is -2.18. The molecular weight excluding hydrogens is 192 g/mol. The number of carbonyl (C=O) groups is 1. The number of primary amides is 1. The van der Waals surface area contributed by atoms with Crippen molar-refractivity contribution in [1.82, 2.24) is 14.8 Å². The van der Waals surface area contributed by atoms with E-state index in [4.69, 9.17) is 17.3 Å². The van der Waals surface area contributed by atoms with Crippen LogP contribution in [-0.4, -0.2) is 20.7 Å². The number of aromatic nitrogens is 3. The molecule has 0 fully saturated rings. The molecule has 1 aromatic rings. The smallest absolute Gasteiger partial charge is 0.219 e. The second-order valence-electron chi connectivity index (χ2n) is 2.81. The minimum atomic E-state index is -0.346. The van der Waals surface area contributed by atoms with E-state index in [1.54, 1.807) is 10.9 Å². The number of alkyl halides is 1. The van der Waals surface area contributed by atoms with Crippen molar-refractivity contribution in [1.29, 1.82) is 0 Å². The molecule has 0 spiro atoms. The molecule has 1 heterocycles. The van der Waals surface area contributed by atoms with Crippen LogP contribution < -0.4 is 5.73 Å². The first-order valence-corrected chi connectivity index (χ1v) is 4.41. The average molecular weight is 203 g/mol. The SMILES string of the molecule is CC(CC(N)=O)n1cnnc1CCl. The number of hydrogen-bond donors (Lipinski definition) is 1. The molecule has 1 atom stereocenters. The van der Waals surface area contributed by atoms with Gasteiger partial charge in [-0.2, -0.15) is 0 Å². The van der Waals surface area contributed by atoms with Crippen molar-refractivity contribution < 1.29 is 4.79 Å². The highest BCUT2D eigenvalue weighted by atomic mass is 35.5. The van der Waals surface area contributed by atoms with Crippen LogP contribution in [0.5, 0.6) is 0 Å². The second kappa shape index (κ2) is 4.23. The van der Waals surface area contributed by atoms with Gasteiger partial charge in [-0.1, -0.05) is 0 Å². The van der Waals surface area contributed by atoms with Gasteiger partial charge in [-0.25, -0.2) is 0 Å². The molecule has 0 aromatic carbocycles. The molecular formula is C7H11ClN4O. The van der Waals surface area contributed by atoms with E-state index in [1.165, 1.54) is 0 Å². The number of nitrogens with zero attached hydrogens (tertiary/aromatic N) is 3. The fraction of sp³-hybridized carbons (Fsp3) is 0.571. The number of halogens is 1. The standard InChI is InChI=1S/C7H11ClN4O/c1-5(2-6(9)13)12-4-10-11-7(12)3-8/h4-5H,2-3H2,1H3,(H2,9,13). The summed E-state index contributed by atoms with van der Waals surface area (Å²) in [5.41, 5.74) is 5.06. The Labute approximate surface area is 80.9 Å². The van der Waals surface area contributed by atoms with Gasteiger partial charge in [0, 0.05) is 12.5 Å². The Morgan fingerprint density at radius 1 is 1.85 bits per heavy atom. The fourth-order valence-electron chi connectivity index (χ4n) is 1.12. The van der Waals surface area contributed by atoms with Crippen LogP contribution >= 0.6 is 11.6 Å². The molecule has 0 aliphatic rings. The summed E-state index contributed by atoms with van der Waals surface area (Å²) in [6.45, 7) is 1.87. The van der Waals surface area contributed by atoms with Gasteiger partial charge in [0.05, 0.1) is 5.88 Å².